The Morgan fingerprint density at radius 3 is 2.37 bits per heavy atom. The Bertz CT molecular complexity index is 1050. The van der Waals surface area contributed by atoms with E-state index >= 15 is 0 Å². The van der Waals surface area contributed by atoms with Crippen molar-refractivity contribution in [3.63, 3.8) is 0 Å². The standard InChI is InChI=1S/C20H16N2O5/c23-10-9-21-22-19(25)16-11-17(27-13-7-5-12(24)6-8-13)14-3-1-2-4-15(14)18(16)20(22)26/h1-8,11,21,23-24H,9-10H2. The highest BCUT2D eigenvalue weighted by molar-refractivity contribution is 6.27. The van der Waals surface area contributed by atoms with Gasteiger partial charge in [-0.15, -0.1) is 0 Å². The average molecular weight is 364 g/mol. The number of carbonyl (C=O) groups excluding carboxylic acids is 2. The van der Waals surface area contributed by atoms with Crippen LogP contribution in [-0.2, 0) is 0 Å². The molecule has 7 nitrogen and oxygen atoms in total. The molecule has 1 heterocycles. The monoisotopic (exact) mass is 364 g/mol. The van der Waals surface area contributed by atoms with E-state index in [0.29, 0.717) is 27.8 Å². The van der Waals surface area contributed by atoms with E-state index in [4.69, 9.17) is 9.84 Å². The van der Waals surface area contributed by atoms with Crippen LogP contribution in [0.15, 0.2) is 54.6 Å². The molecular formula is C20H16N2O5. The van der Waals surface area contributed by atoms with Crippen molar-refractivity contribution in [2.45, 2.75) is 0 Å². The van der Waals surface area contributed by atoms with Gasteiger partial charge in [-0.25, -0.2) is 10.4 Å². The number of amides is 2. The van der Waals surface area contributed by atoms with Crippen LogP contribution >= 0.6 is 0 Å². The molecule has 0 radical (unpaired) electrons. The minimum Gasteiger partial charge on any atom is -0.508 e. The first-order valence-corrected chi connectivity index (χ1v) is 8.36. The van der Waals surface area contributed by atoms with Crippen molar-refractivity contribution in [1.82, 2.24) is 10.4 Å². The number of nitrogens with one attached hydrogen (secondary N) is 1. The highest BCUT2D eigenvalue weighted by Crippen LogP contribution is 2.38. The molecule has 0 saturated carbocycles. The third-order valence-electron chi connectivity index (χ3n) is 4.30. The maximum absolute atomic E-state index is 12.7. The minimum atomic E-state index is -0.496. The first kappa shape index (κ1) is 17.0. The summed E-state index contributed by atoms with van der Waals surface area (Å²) in [6.07, 6.45) is 0. The number of phenols is 1. The van der Waals surface area contributed by atoms with Gasteiger partial charge in [-0.3, -0.25) is 9.59 Å². The lowest BCUT2D eigenvalue weighted by Gasteiger charge is -2.13. The SMILES string of the molecule is O=C1c2cc(Oc3ccc(O)cc3)c3ccccc3c2C(=O)N1NCCO. The maximum Gasteiger partial charge on any atom is 0.276 e. The smallest absolute Gasteiger partial charge is 0.276 e. The number of hydrogen-bond acceptors (Lipinski definition) is 6. The Balaban J connectivity index is 1.83. The summed E-state index contributed by atoms with van der Waals surface area (Å²) in [5.41, 5.74) is 3.17. The predicted octanol–water partition coefficient (Wildman–Crippen LogP) is 2.43. The van der Waals surface area contributed by atoms with Crippen molar-refractivity contribution in [3.05, 3.63) is 65.7 Å². The van der Waals surface area contributed by atoms with E-state index in [2.05, 4.69) is 5.43 Å². The van der Waals surface area contributed by atoms with Crippen LogP contribution in [0.25, 0.3) is 10.8 Å². The van der Waals surface area contributed by atoms with Crippen LogP contribution in [0.1, 0.15) is 20.7 Å². The lowest BCUT2D eigenvalue weighted by atomic mass is 9.99. The summed E-state index contributed by atoms with van der Waals surface area (Å²) in [7, 11) is 0. The number of aromatic hydroxyl groups is 1. The largest absolute Gasteiger partial charge is 0.508 e. The van der Waals surface area contributed by atoms with Crippen LogP contribution in [0.5, 0.6) is 17.2 Å². The molecule has 2 amide bonds. The topological polar surface area (TPSA) is 99.1 Å². The van der Waals surface area contributed by atoms with Crippen molar-refractivity contribution in [2.24, 2.45) is 0 Å². The number of nitrogens with zero attached hydrogens (tertiary/aromatic N) is 1. The first-order valence-electron chi connectivity index (χ1n) is 8.36. The van der Waals surface area contributed by atoms with Gasteiger partial charge >= 0.3 is 0 Å². The molecule has 0 aromatic heterocycles. The Kier molecular flexibility index (Phi) is 4.23. The highest BCUT2D eigenvalue weighted by Gasteiger charge is 2.38. The summed E-state index contributed by atoms with van der Waals surface area (Å²) < 4.78 is 5.92. The fourth-order valence-corrected chi connectivity index (χ4v) is 3.10. The van der Waals surface area contributed by atoms with Crippen LogP contribution in [0.4, 0.5) is 0 Å². The zero-order valence-electron chi connectivity index (χ0n) is 14.2. The van der Waals surface area contributed by atoms with Crippen molar-refractivity contribution in [1.29, 1.82) is 0 Å². The van der Waals surface area contributed by atoms with E-state index in [1.165, 1.54) is 12.1 Å². The fraction of sp³-hybridized carbons (Fsp3) is 0.100. The zero-order chi connectivity index (χ0) is 19.0. The quantitative estimate of drug-likeness (QED) is 0.602. The number of imide groups is 1. The molecule has 7 heteroatoms. The molecule has 4 rings (SSSR count). The molecule has 3 N–H and O–H groups in total. The van der Waals surface area contributed by atoms with Gasteiger partial charge in [-0.05, 0) is 35.7 Å². The van der Waals surface area contributed by atoms with Gasteiger partial charge in [0.25, 0.3) is 11.8 Å². The van der Waals surface area contributed by atoms with Crippen LogP contribution in [0, 0.1) is 0 Å². The number of ether oxygens (including phenoxy) is 1. The minimum absolute atomic E-state index is 0.0836. The number of benzene rings is 3. The van der Waals surface area contributed by atoms with Gasteiger partial charge in [-0.2, -0.15) is 0 Å². The van der Waals surface area contributed by atoms with Crippen LogP contribution < -0.4 is 10.2 Å². The second kappa shape index (κ2) is 6.71. The zero-order valence-corrected chi connectivity index (χ0v) is 14.2. The van der Waals surface area contributed by atoms with Crippen molar-refractivity contribution in [2.75, 3.05) is 13.2 Å². The van der Waals surface area contributed by atoms with Crippen LogP contribution in [0.3, 0.4) is 0 Å². The number of aliphatic hydroxyl groups excluding tert-OH is 1. The molecule has 0 unspecified atom stereocenters. The second-order valence-corrected chi connectivity index (χ2v) is 6.02. The van der Waals surface area contributed by atoms with E-state index in [1.54, 1.807) is 30.3 Å². The molecule has 0 saturated heterocycles. The fourth-order valence-electron chi connectivity index (χ4n) is 3.10. The van der Waals surface area contributed by atoms with E-state index in [9.17, 15) is 14.7 Å². The lowest BCUT2D eigenvalue weighted by molar-refractivity contribution is 0.0556. The summed E-state index contributed by atoms with van der Waals surface area (Å²) in [5, 5.41) is 20.6. The summed E-state index contributed by atoms with van der Waals surface area (Å²) in [6, 6.07) is 15.0. The molecule has 3 aromatic rings. The number of aliphatic hydroxyl groups is 1. The first-order chi connectivity index (χ1) is 13.1. The second-order valence-electron chi connectivity index (χ2n) is 6.02. The van der Waals surface area contributed by atoms with E-state index < -0.39 is 11.8 Å². The van der Waals surface area contributed by atoms with E-state index in [0.717, 1.165) is 5.01 Å². The summed E-state index contributed by atoms with van der Waals surface area (Å²) in [4.78, 5) is 25.4. The number of hydrogen-bond donors (Lipinski definition) is 3. The van der Waals surface area contributed by atoms with Gasteiger partial charge in [0.05, 0.1) is 17.7 Å². The number of carbonyl (C=O) groups is 2. The van der Waals surface area contributed by atoms with Gasteiger partial charge < -0.3 is 14.9 Å². The predicted molar refractivity (Wildman–Crippen MR) is 97.7 cm³/mol. The van der Waals surface area contributed by atoms with Crippen molar-refractivity contribution in [3.8, 4) is 17.2 Å². The Hall–Kier alpha value is -3.42. The number of fused-ring (bicyclic) bond motifs is 3. The summed E-state index contributed by atoms with van der Waals surface area (Å²) in [5.74, 6) is 0.0817. The number of hydrazine groups is 1. The molecule has 27 heavy (non-hydrogen) atoms. The number of phenolic OH excluding ortho intramolecular Hbond substituents is 1. The molecule has 0 spiro atoms. The lowest BCUT2D eigenvalue weighted by Crippen LogP contribution is -2.43. The Labute approximate surface area is 154 Å². The molecule has 0 aliphatic carbocycles. The van der Waals surface area contributed by atoms with E-state index in [1.807, 2.05) is 12.1 Å². The molecule has 1 aliphatic heterocycles. The molecule has 136 valence electrons. The Morgan fingerprint density at radius 1 is 0.963 bits per heavy atom. The average Bonchev–Trinajstić information content (AvgIpc) is 2.92. The van der Waals surface area contributed by atoms with Gasteiger partial charge in [-0.1, -0.05) is 24.3 Å². The van der Waals surface area contributed by atoms with Gasteiger partial charge in [0.2, 0.25) is 0 Å². The molecule has 0 fully saturated rings. The van der Waals surface area contributed by atoms with Crippen molar-refractivity contribution >= 4 is 22.6 Å². The van der Waals surface area contributed by atoms with Gasteiger partial charge in [0.1, 0.15) is 17.2 Å². The molecule has 0 bridgehead atoms. The molecule has 0 atom stereocenters. The number of rotatable bonds is 5. The maximum atomic E-state index is 12.7. The molecular weight excluding hydrogens is 348 g/mol. The van der Waals surface area contributed by atoms with Crippen LogP contribution in [-0.4, -0.2) is 40.2 Å². The molecule has 3 aromatic carbocycles. The summed E-state index contributed by atoms with van der Waals surface area (Å²) in [6.45, 7) is -0.121. The summed E-state index contributed by atoms with van der Waals surface area (Å²) >= 11 is 0. The van der Waals surface area contributed by atoms with E-state index in [-0.39, 0.29) is 24.5 Å². The third-order valence-corrected chi connectivity index (χ3v) is 4.30. The highest BCUT2D eigenvalue weighted by atomic mass is 16.5. The van der Waals surface area contributed by atoms with Gasteiger partial charge in [0.15, 0.2) is 0 Å². The normalized spacial score (nSPS) is 13.3. The van der Waals surface area contributed by atoms with Crippen LogP contribution in [0.2, 0.25) is 0 Å². The molecule has 1 aliphatic rings. The van der Waals surface area contributed by atoms with Crippen molar-refractivity contribution < 1.29 is 24.5 Å². The van der Waals surface area contributed by atoms with Gasteiger partial charge in [0, 0.05) is 11.9 Å². The Morgan fingerprint density at radius 2 is 1.67 bits per heavy atom. The third kappa shape index (κ3) is 2.88.